The first-order valence-electron chi connectivity index (χ1n) is 15.6. The molecule has 1 aliphatic heterocycles. The van der Waals surface area contributed by atoms with Gasteiger partial charge in [0.05, 0.1) is 34.7 Å². The van der Waals surface area contributed by atoms with Crippen molar-refractivity contribution in [1.82, 2.24) is 19.9 Å². The van der Waals surface area contributed by atoms with Crippen molar-refractivity contribution in [3.63, 3.8) is 0 Å². The number of imidazole rings is 2. The lowest BCUT2D eigenvalue weighted by Gasteiger charge is -2.28. The Morgan fingerprint density at radius 3 is 1.98 bits per heavy atom. The molecule has 0 bridgehead atoms. The van der Waals surface area contributed by atoms with Gasteiger partial charge in [-0.2, -0.15) is 0 Å². The van der Waals surface area contributed by atoms with Crippen molar-refractivity contribution in [2.45, 2.75) is 33.1 Å². The van der Waals surface area contributed by atoms with Crippen molar-refractivity contribution in [3.05, 3.63) is 107 Å². The third-order valence-electron chi connectivity index (χ3n) is 7.77. The molecule has 11 nitrogen and oxygen atoms in total. The van der Waals surface area contributed by atoms with E-state index in [-0.39, 0.29) is 24.3 Å². The second-order valence-electron chi connectivity index (χ2n) is 11.3. The lowest BCUT2D eigenvalue weighted by molar-refractivity contribution is -0.121. The van der Waals surface area contributed by atoms with Crippen LogP contribution in [0.25, 0.3) is 21.1 Å². The first kappa shape index (κ1) is 33.4. The number of rotatable bonds is 9. The van der Waals surface area contributed by atoms with E-state index < -0.39 is 0 Å². The molecule has 49 heavy (non-hydrogen) atoms. The zero-order valence-electron chi connectivity index (χ0n) is 27.2. The van der Waals surface area contributed by atoms with Crippen LogP contribution >= 0.6 is 22.7 Å². The molecular weight excluding hydrogens is 659 g/mol. The maximum Gasteiger partial charge on any atom is 0.244 e. The highest BCUT2D eigenvalue weighted by Gasteiger charge is 2.26. The van der Waals surface area contributed by atoms with Crippen LogP contribution in [0.15, 0.2) is 83.8 Å². The number of para-hydroxylation sites is 1. The van der Waals surface area contributed by atoms with Gasteiger partial charge in [0.2, 0.25) is 17.7 Å². The molecule has 0 saturated heterocycles. The van der Waals surface area contributed by atoms with Gasteiger partial charge in [-0.15, -0.1) is 22.7 Å². The monoisotopic (exact) mass is 693 g/mol. The molecule has 13 heteroatoms. The summed E-state index contributed by atoms with van der Waals surface area (Å²) in [7, 11) is 1.62. The van der Waals surface area contributed by atoms with Crippen LogP contribution in [0.1, 0.15) is 29.2 Å². The van der Waals surface area contributed by atoms with E-state index in [0.717, 1.165) is 67.5 Å². The van der Waals surface area contributed by atoms with Crippen LogP contribution in [-0.4, -0.2) is 51.3 Å². The number of hydrogen-bond donors (Lipinski definition) is 4. The lowest BCUT2D eigenvalue weighted by Crippen LogP contribution is -2.40. The molecule has 6 aromatic rings. The Labute approximate surface area is 291 Å². The number of methoxy groups -OCH3 is 1. The predicted octanol–water partition coefficient (Wildman–Crippen LogP) is 7.00. The van der Waals surface area contributed by atoms with E-state index in [2.05, 4.69) is 30.6 Å². The molecule has 4 N–H and O–H groups in total. The molecule has 2 aromatic carbocycles. The Bertz CT molecular complexity index is 2080. The number of nitrogens with one attached hydrogen (secondary N) is 4. The van der Waals surface area contributed by atoms with Crippen LogP contribution in [0.3, 0.4) is 0 Å². The van der Waals surface area contributed by atoms with Crippen LogP contribution in [0.5, 0.6) is 5.75 Å². The van der Waals surface area contributed by atoms with E-state index in [1.807, 2.05) is 97.7 Å². The number of ether oxygens (including phenoxy) is 1. The summed E-state index contributed by atoms with van der Waals surface area (Å²) in [4.78, 5) is 55.5. The van der Waals surface area contributed by atoms with E-state index >= 15 is 0 Å². The van der Waals surface area contributed by atoms with Gasteiger partial charge in [-0.25, -0.2) is 9.97 Å². The van der Waals surface area contributed by atoms with E-state index in [1.54, 1.807) is 23.3 Å². The predicted molar refractivity (Wildman–Crippen MR) is 194 cm³/mol. The second kappa shape index (κ2) is 15.1. The lowest BCUT2D eigenvalue weighted by atomic mass is 10.0. The van der Waals surface area contributed by atoms with Gasteiger partial charge in [0.25, 0.3) is 0 Å². The van der Waals surface area contributed by atoms with Crippen molar-refractivity contribution in [2.75, 3.05) is 29.2 Å². The fraction of sp³-hybridized carbons (Fsp3) is 0.194. The average Bonchev–Trinajstić information content (AvgIpc) is 3.92. The largest absolute Gasteiger partial charge is 0.497 e. The van der Waals surface area contributed by atoms with Crippen molar-refractivity contribution in [2.24, 2.45) is 0 Å². The molecule has 250 valence electrons. The standard InChI is InChI=1S/C19H18N4O2S.C17H17N3O2S/c1-12-20-10-15(21-12)19-14(8-9-26-19)22-17(24)11-23-16-5-3-2-4-13(16)6-7-18(23)25;1-11-18-10-15(19-11)17-14(7-8-23-17)20-16(21)9-12-3-5-13(22-2)6-4-12/h2-5,8-10H,6-7,11H2,1H3,(H,20,21)(H,22,24);3-8,10H,9H2,1-2H3,(H,18,19)(H,20,21). The Balaban J connectivity index is 0.000000171. The van der Waals surface area contributed by atoms with Gasteiger partial charge in [0, 0.05) is 24.5 Å². The van der Waals surface area contributed by atoms with E-state index in [0.29, 0.717) is 18.5 Å². The van der Waals surface area contributed by atoms with Gasteiger partial charge < -0.3 is 30.2 Å². The number of fused-ring (bicyclic) bond motifs is 1. The summed E-state index contributed by atoms with van der Waals surface area (Å²) in [6.45, 7) is 3.79. The number of thiophene rings is 2. The number of anilines is 3. The fourth-order valence-corrected chi connectivity index (χ4v) is 7.03. The molecule has 7 rings (SSSR count). The summed E-state index contributed by atoms with van der Waals surface area (Å²) in [5.74, 6) is 2.16. The number of amides is 3. The van der Waals surface area contributed by atoms with E-state index in [1.165, 1.54) is 11.3 Å². The summed E-state index contributed by atoms with van der Waals surface area (Å²) >= 11 is 3.07. The molecular formula is C36H35N7O4S2. The van der Waals surface area contributed by atoms with Crippen LogP contribution in [0, 0.1) is 13.8 Å². The highest BCUT2D eigenvalue weighted by atomic mass is 32.1. The molecule has 1 aliphatic rings. The highest BCUT2D eigenvalue weighted by molar-refractivity contribution is 7.14. The van der Waals surface area contributed by atoms with Crippen LogP contribution in [0.4, 0.5) is 17.1 Å². The summed E-state index contributed by atoms with van der Waals surface area (Å²) in [5.41, 5.74) is 6.01. The molecule has 0 aliphatic carbocycles. The van der Waals surface area contributed by atoms with Gasteiger partial charge in [0.1, 0.15) is 35.3 Å². The van der Waals surface area contributed by atoms with Gasteiger partial charge >= 0.3 is 0 Å². The molecule has 3 amide bonds. The minimum atomic E-state index is -0.220. The van der Waals surface area contributed by atoms with Crippen LogP contribution in [0.2, 0.25) is 0 Å². The van der Waals surface area contributed by atoms with Gasteiger partial charge in [-0.1, -0.05) is 30.3 Å². The molecule has 0 radical (unpaired) electrons. The molecule has 0 saturated carbocycles. The number of carbonyl (C=O) groups excluding carboxylic acids is 3. The number of carbonyl (C=O) groups is 3. The highest BCUT2D eigenvalue weighted by Crippen LogP contribution is 2.34. The van der Waals surface area contributed by atoms with Crippen molar-refractivity contribution in [1.29, 1.82) is 0 Å². The number of H-pyrrole nitrogens is 2. The minimum absolute atomic E-state index is 0.00469. The smallest absolute Gasteiger partial charge is 0.244 e. The number of nitrogens with zero attached hydrogens (tertiary/aromatic N) is 3. The Morgan fingerprint density at radius 1 is 0.816 bits per heavy atom. The third-order valence-corrected chi connectivity index (χ3v) is 9.65. The Hall–Kier alpha value is -5.53. The van der Waals surface area contributed by atoms with Crippen molar-refractivity contribution in [3.8, 4) is 26.9 Å². The summed E-state index contributed by atoms with van der Waals surface area (Å²) < 4.78 is 5.12. The average molecular weight is 694 g/mol. The zero-order chi connectivity index (χ0) is 34.3. The van der Waals surface area contributed by atoms with E-state index in [4.69, 9.17) is 4.74 Å². The fourth-order valence-electron chi connectivity index (χ4n) is 5.41. The Kier molecular flexibility index (Phi) is 10.3. The van der Waals surface area contributed by atoms with Gasteiger partial charge in [-0.3, -0.25) is 14.4 Å². The molecule has 0 unspecified atom stereocenters. The maximum atomic E-state index is 12.6. The summed E-state index contributed by atoms with van der Waals surface area (Å²) in [6, 6.07) is 19.0. The Morgan fingerprint density at radius 2 is 1.41 bits per heavy atom. The summed E-state index contributed by atoms with van der Waals surface area (Å²) in [6.07, 6.45) is 5.14. The zero-order valence-corrected chi connectivity index (χ0v) is 28.8. The second-order valence-corrected chi connectivity index (χ2v) is 13.1. The number of aromatic nitrogens is 4. The van der Waals surface area contributed by atoms with Crippen molar-refractivity contribution >= 4 is 57.5 Å². The quantitative estimate of drug-likeness (QED) is 0.128. The van der Waals surface area contributed by atoms with Gasteiger partial charge in [0.15, 0.2) is 0 Å². The van der Waals surface area contributed by atoms with Crippen molar-refractivity contribution < 1.29 is 19.1 Å². The molecule has 0 spiro atoms. The number of aromatic amines is 2. The third kappa shape index (κ3) is 8.13. The van der Waals surface area contributed by atoms with Crippen LogP contribution < -0.4 is 20.3 Å². The molecule has 0 fully saturated rings. The first-order chi connectivity index (χ1) is 23.8. The molecule has 0 atom stereocenters. The first-order valence-corrected chi connectivity index (χ1v) is 17.3. The topological polar surface area (TPSA) is 145 Å². The summed E-state index contributed by atoms with van der Waals surface area (Å²) in [5, 5.41) is 9.74. The number of aryl methyl sites for hydroxylation is 3. The number of hydrogen-bond acceptors (Lipinski definition) is 8. The van der Waals surface area contributed by atoms with E-state index in [9.17, 15) is 14.4 Å². The van der Waals surface area contributed by atoms with Gasteiger partial charge in [-0.05, 0) is 72.5 Å². The minimum Gasteiger partial charge on any atom is -0.497 e. The number of benzene rings is 2. The SMILES string of the molecule is COc1ccc(CC(=O)Nc2ccsc2-c2c[nH]c(C)n2)cc1.Cc1nc(-c2sccc2NC(=O)CN2C(=O)CCc3ccccc32)c[nH]1. The van der Waals surface area contributed by atoms with Crippen LogP contribution in [-0.2, 0) is 27.2 Å². The molecule has 5 heterocycles. The molecule has 4 aromatic heterocycles. The maximum absolute atomic E-state index is 12.6. The normalized spacial score (nSPS) is 12.1.